The van der Waals surface area contributed by atoms with E-state index in [4.69, 9.17) is 16.1 Å². The number of benzene rings is 2. The van der Waals surface area contributed by atoms with Crippen molar-refractivity contribution in [1.29, 1.82) is 0 Å². The Labute approximate surface area is 161 Å². The van der Waals surface area contributed by atoms with E-state index in [9.17, 15) is 9.18 Å². The Bertz CT molecular complexity index is 994. The Morgan fingerprint density at radius 2 is 2.08 bits per heavy atom. The van der Waals surface area contributed by atoms with Gasteiger partial charge in [0.15, 0.2) is 5.82 Å². The molecule has 132 valence electrons. The highest BCUT2D eigenvalue weighted by atomic mass is 79.9. The first kappa shape index (κ1) is 17.2. The summed E-state index contributed by atoms with van der Waals surface area (Å²) >= 11 is 9.22. The van der Waals surface area contributed by atoms with Gasteiger partial charge in [0.1, 0.15) is 0 Å². The van der Waals surface area contributed by atoms with Gasteiger partial charge >= 0.3 is 0 Å². The lowest BCUT2D eigenvalue weighted by molar-refractivity contribution is -0.117. The Morgan fingerprint density at radius 1 is 1.27 bits per heavy atom. The molecule has 1 unspecified atom stereocenters. The monoisotopic (exact) mass is 435 g/mol. The molecule has 26 heavy (non-hydrogen) atoms. The number of hydrogen-bond acceptors (Lipinski definition) is 4. The largest absolute Gasteiger partial charge is 0.339 e. The van der Waals surface area contributed by atoms with Crippen LogP contribution in [0.2, 0.25) is 5.02 Å². The molecule has 5 nitrogen and oxygen atoms in total. The van der Waals surface area contributed by atoms with Gasteiger partial charge in [-0.15, -0.1) is 0 Å². The van der Waals surface area contributed by atoms with Gasteiger partial charge in [0, 0.05) is 23.0 Å². The molecule has 0 bridgehead atoms. The summed E-state index contributed by atoms with van der Waals surface area (Å²) in [7, 11) is 0. The van der Waals surface area contributed by atoms with Gasteiger partial charge in [-0.1, -0.05) is 50.9 Å². The average molecular weight is 437 g/mol. The van der Waals surface area contributed by atoms with Crippen LogP contribution in [0.1, 0.15) is 18.2 Å². The summed E-state index contributed by atoms with van der Waals surface area (Å²) in [6, 6.07) is 12.1. The maximum absolute atomic E-state index is 14.2. The van der Waals surface area contributed by atoms with Crippen molar-refractivity contribution < 1.29 is 13.7 Å². The molecule has 0 saturated carbocycles. The van der Waals surface area contributed by atoms with E-state index in [-0.39, 0.29) is 35.5 Å². The predicted octanol–water partition coefficient (Wildman–Crippen LogP) is 4.81. The van der Waals surface area contributed by atoms with Gasteiger partial charge in [-0.05, 0) is 24.3 Å². The van der Waals surface area contributed by atoms with Gasteiger partial charge in [-0.2, -0.15) is 4.98 Å². The number of hydrogen-bond donors (Lipinski definition) is 0. The number of anilines is 1. The van der Waals surface area contributed by atoms with Crippen LogP contribution in [0.4, 0.5) is 10.1 Å². The van der Waals surface area contributed by atoms with Crippen LogP contribution >= 0.6 is 27.5 Å². The lowest BCUT2D eigenvalue weighted by atomic mass is 10.1. The van der Waals surface area contributed by atoms with Crippen LogP contribution in [-0.2, 0) is 4.79 Å². The SMILES string of the molecule is O=C1CC(c2nc(-c3cccc(Br)c3)no2)CN1c1cccc(Cl)c1F. The molecule has 4 rings (SSSR count). The highest BCUT2D eigenvalue weighted by molar-refractivity contribution is 9.10. The van der Waals surface area contributed by atoms with Crippen LogP contribution < -0.4 is 4.90 Å². The van der Waals surface area contributed by atoms with Crippen molar-refractivity contribution in [1.82, 2.24) is 10.1 Å². The summed E-state index contributed by atoms with van der Waals surface area (Å²) < 4.78 is 20.5. The van der Waals surface area contributed by atoms with E-state index in [0.29, 0.717) is 11.7 Å². The van der Waals surface area contributed by atoms with Crippen molar-refractivity contribution in [2.75, 3.05) is 11.4 Å². The number of amides is 1. The summed E-state index contributed by atoms with van der Waals surface area (Å²) in [5, 5.41) is 3.97. The minimum Gasteiger partial charge on any atom is -0.339 e. The van der Waals surface area contributed by atoms with Crippen LogP contribution in [-0.4, -0.2) is 22.6 Å². The topological polar surface area (TPSA) is 59.2 Å². The van der Waals surface area contributed by atoms with Gasteiger partial charge in [0.25, 0.3) is 0 Å². The molecular formula is C18H12BrClFN3O2. The quantitative estimate of drug-likeness (QED) is 0.591. The summed E-state index contributed by atoms with van der Waals surface area (Å²) in [5.74, 6) is -0.310. The third kappa shape index (κ3) is 3.12. The fourth-order valence-corrected chi connectivity index (χ4v) is 3.52. The Balaban J connectivity index is 1.59. The van der Waals surface area contributed by atoms with Crippen molar-refractivity contribution in [3.05, 3.63) is 63.7 Å². The molecule has 0 aliphatic carbocycles. The highest BCUT2D eigenvalue weighted by Crippen LogP contribution is 2.34. The van der Waals surface area contributed by atoms with Gasteiger partial charge in [0.2, 0.25) is 17.6 Å². The minimum atomic E-state index is -0.608. The molecule has 0 radical (unpaired) electrons. The number of aromatic nitrogens is 2. The number of carbonyl (C=O) groups is 1. The Morgan fingerprint density at radius 3 is 2.88 bits per heavy atom. The van der Waals surface area contributed by atoms with Gasteiger partial charge < -0.3 is 9.42 Å². The van der Waals surface area contributed by atoms with E-state index >= 15 is 0 Å². The van der Waals surface area contributed by atoms with Gasteiger partial charge in [0.05, 0.1) is 16.6 Å². The molecule has 8 heteroatoms. The molecule has 1 saturated heterocycles. The third-order valence-electron chi connectivity index (χ3n) is 4.22. The smallest absolute Gasteiger partial charge is 0.232 e. The molecule has 1 aliphatic rings. The van der Waals surface area contributed by atoms with Crippen molar-refractivity contribution >= 4 is 39.1 Å². The van der Waals surface area contributed by atoms with Crippen LogP contribution in [0, 0.1) is 5.82 Å². The zero-order chi connectivity index (χ0) is 18.3. The van der Waals surface area contributed by atoms with E-state index in [1.165, 1.54) is 17.0 Å². The van der Waals surface area contributed by atoms with E-state index in [2.05, 4.69) is 26.1 Å². The van der Waals surface area contributed by atoms with Crippen LogP contribution in [0.5, 0.6) is 0 Å². The first-order chi connectivity index (χ1) is 12.5. The molecule has 1 aromatic heterocycles. The lowest BCUT2D eigenvalue weighted by Gasteiger charge is -2.17. The second-order valence-corrected chi connectivity index (χ2v) is 7.27. The van der Waals surface area contributed by atoms with Crippen LogP contribution in [0.3, 0.4) is 0 Å². The maximum Gasteiger partial charge on any atom is 0.232 e. The average Bonchev–Trinajstić information content (AvgIpc) is 3.24. The van der Waals surface area contributed by atoms with Gasteiger partial charge in [-0.3, -0.25) is 4.79 Å². The zero-order valence-corrected chi connectivity index (χ0v) is 15.7. The number of halogens is 3. The molecule has 1 fully saturated rings. The normalized spacial score (nSPS) is 17.1. The number of rotatable bonds is 3. The maximum atomic E-state index is 14.2. The molecule has 1 aliphatic heterocycles. The lowest BCUT2D eigenvalue weighted by Crippen LogP contribution is -2.25. The van der Waals surface area contributed by atoms with E-state index in [1.807, 2.05) is 24.3 Å². The third-order valence-corrected chi connectivity index (χ3v) is 5.01. The van der Waals surface area contributed by atoms with Crippen molar-refractivity contribution in [2.45, 2.75) is 12.3 Å². The predicted molar refractivity (Wildman–Crippen MR) is 98.6 cm³/mol. The fourth-order valence-electron chi connectivity index (χ4n) is 2.95. The molecule has 0 N–H and O–H groups in total. The highest BCUT2D eigenvalue weighted by Gasteiger charge is 2.36. The van der Waals surface area contributed by atoms with Crippen molar-refractivity contribution in [3.63, 3.8) is 0 Å². The van der Waals surface area contributed by atoms with Gasteiger partial charge in [-0.25, -0.2) is 4.39 Å². The fraction of sp³-hybridized carbons (Fsp3) is 0.167. The molecule has 0 spiro atoms. The van der Waals surface area contributed by atoms with Crippen LogP contribution in [0.15, 0.2) is 51.5 Å². The number of nitrogens with zero attached hydrogens (tertiary/aromatic N) is 3. The van der Waals surface area contributed by atoms with Crippen molar-refractivity contribution in [2.24, 2.45) is 0 Å². The Kier molecular flexibility index (Phi) is 4.50. The second-order valence-electron chi connectivity index (χ2n) is 5.94. The first-order valence-electron chi connectivity index (χ1n) is 7.87. The molecular weight excluding hydrogens is 425 g/mol. The first-order valence-corrected chi connectivity index (χ1v) is 9.04. The summed E-state index contributed by atoms with van der Waals surface area (Å²) in [5.41, 5.74) is 0.966. The van der Waals surface area contributed by atoms with E-state index in [0.717, 1.165) is 10.0 Å². The molecule has 2 aromatic carbocycles. The zero-order valence-electron chi connectivity index (χ0n) is 13.3. The molecule has 3 aromatic rings. The molecule has 1 atom stereocenters. The molecule has 1 amide bonds. The standard InChI is InChI=1S/C18H12BrClFN3O2/c19-12-4-1-3-10(7-12)17-22-18(26-23-17)11-8-15(25)24(9-11)14-6-2-5-13(20)16(14)21/h1-7,11H,8-9H2. The molecule has 2 heterocycles. The van der Waals surface area contributed by atoms with Crippen molar-refractivity contribution in [3.8, 4) is 11.4 Å². The second kappa shape index (κ2) is 6.81. The summed E-state index contributed by atoms with van der Waals surface area (Å²) in [6.45, 7) is 0.260. The number of carbonyl (C=O) groups excluding carboxylic acids is 1. The van der Waals surface area contributed by atoms with Crippen LogP contribution in [0.25, 0.3) is 11.4 Å². The summed E-state index contributed by atoms with van der Waals surface area (Å²) in [4.78, 5) is 18.1. The summed E-state index contributed by atoms with van der Waals surface area (Å²) in [6.07, 6.45) is 0.173. The minimum absolute atomic E-state index is 0.0199. The Hall–Kier alpha value is -2.25. The van der Waals surface area contributed by atoms with E-state index < -0.39 is 5.82 Å². The van der Waals surface area contributed by atoms with E-state index in [1.54, 1.807) is 6.07 Å².